The molecule has 0 unspecified atom stereocenters. The first-order chi connectivity index (χ1) is 11.6. The Hall–Kier alpha value is -2.27. The van der Waals surface area contributed by atoms with Crippen LogP contribution in [0.2, 0.25) is 5.02 Å². The molecule has 0 saturated carbocycles. The molecule has 0 radical (unpaired) electrons. The van der Waals surface area contributed by atoms with Gasteiger partial charge in [-0.3, -0.25) is 4.79 Å². The Balaban J connectivity index is 1.66. The molecule has 0 atom stereocenters. The maximum absolute atomic E-state index is 13.8. The van der Waals surface area contributed by atoms with Crippen molar-refractivity contribution >= 4 is 23.2 Å². The van der Waals surface area contributed by atoms with Gasteiger partial charge < -0.3 is 14.5 Å². The summed E-state index contributed by atoms with van der Waals surface area (Å²) in [5.74, 6) is -0.110. The number of carbonyl (C=O) groups excluding carboxylic acids is 1. The van der Waals surface area contributed by atoms with Crippen molar-refractivity contribution < 1.29 is 13.9 Å². The lowest BCUT2D eigenvalue weighted by Crippen LogP contribution is -2.49. The van der Waals surface area contributed by atoms with Crippen molar-refractivity contribution in [2.75, 3.05) is 38.2 Å². The Morgan fingerprint density at radius 2 is 1.83 bits per heavy atom. The van der Waals surface area contributed by atoms with Crippen molar-refractivity contribution in [3.8, 4) is 5.75 Å². The minimum absolute atomic E-state index is 0.124. The fraction of sp³-hybridized carbons (Fsp3) is 0.278. The van der Waals surface area contributed by atoms with E-state index in [1.807, 2.05) is 18.2 Å². The minimum atomic E-state index is -0.480. The monoisotopic (exact) mass is 348 g/mol. The van der Waals surface area contributed by atoms with E-state index in [1.165, 1.54) is 12.1 Å². The molecule has 2 aromatic rings. The summed E-state index contributed by atoms with van der Waals surface area (Å²) in [5.41, 5.74) is 1.11. The third-order valence-corrected chi connectivity index (χ3v) is 4.47. The van der Waals surface area contributed by atoms with E-state index < -0.39 is 5.82 Å². The third-order valence-electron chi connectivity index (χ3n) is 4.17. The Labute approximate surface area is 145 Å². The number of benzene rings is 2. The first-order valence-corrected chi connectivity index (χ1v) is 8.10. The van der Waals surface area contributed by atoms with Crippen molar-refractivity contribution in [1.82, 2.24) is 4.90 Å². The summed E-state index contributed by atoms with van der Waals surface area (Å²) < 4.78 is 18.9. The molecule has 1 amide bonds. The SMILES string of the molecule is COc1ccc(N2CCN(C(=O)c3ccccc3F)CC2)cc1Cl. The quantitative estimate of drug-likeness (QED) is 0.851. The zero-order valence-electron chi connectivity index (χ0n) is 13.3. The van der Waals surface area contributed by atoms with E-state index in [9.17, 15) is 9.18 Å². The second-order valence-corrected chi connectivity index (χ2v) is 5.99. The van der Waals surface area contributed by atoms with Crippen LogP contribution in [0.25, 0.3) is 0 Å². The normalized spacial score (nSPS) is 14.6. The lowest BCUT2D eigenvalue weighted by atomic mass is 10.1. The van der Waals surface area contributed by atoms with Crippen molar-refractivity contribution in [3.63, 3.8) is 0 Å². The molecule has 0 aromatic heterocycles. The summed E-state index contributed by atoms with van der Waals surface area (Å²) in [6.45, 7) is 2.42. The molecule has 0 N–H and O–H groups in total. The highest BCUT2D eigenvalue weighted by Gasteiger charge is 2.24. The fourth-order valence-corrected chi connectivity index (χ4v) is 3.08. The van der Waals surface area contributed by atoms with Gasteiger partial charge in [0.2, 0.25) is 0 Å². The average molecular weight is 349 g/mol. The summed E-state index contributed by atoms with van der Waals surface area (Å²) in [4.78, 5) is 16.3. The zero-order valence-corrected chi connectivity index (χ0v) is 14.1. The topological polar surface area (TPSA) is 32.8 Å². The van der Waals surface area contributed by atoms with Crippen molar-refractivity contribution in [2.24, 2.45) is 0 Å². The van der Waals surface area contributed by atoms with Crippen molar-refractivity contribution in [2.45, 2.75) is 0 Å². The van der Waals surface area contributed by atoms with Crippen molar-refractivity contribution in [1.29, 1.82) is 0 Å². The van der Waals surface area contributed by atoms with Crippen LogP contribution < -0.4 is 9.64 Å². The number of hydrogen-bond acceptors (Lipinski definition) is 3. The van der Waals surface area contributed by atoms with Gasteiger partial charge >= 0.3 is 0 Å². The lowest BCUT2D eigenvalue weighted by molar-refractivity contribution is 0.0742. The number of amides is 1. The number of anilines is 1. The molecule has 1 aliphatic heterocycles. The smallest absolute Gasteiger partial charge is 0.256 e. The lowest BCUT2D eigenvalue weighted by Gasteiger charge is -2.36. The van der Waals surface area contributed by atoms with E-state index in [0.717, 1.165) is 5.69 Å². The number of halogens is 2. The van der Waals surface area contributed by atoms with Gasteiger partial charge in [-0.15, -0.1) is 0 Å². The van der Waals surface area contributed by atoms with E-state index >= 15 is 0 Å². The van der Waals surface area contributed by atoms with Gasteiger partial charge in [0.25, 0.3) is 5.91 Å². The van der Waals surface area contributed by atoms with E-state index in [0.29, 0.717) is 37.0 Å². The molecule has 126 valence electrons. The summed E-state index contributed by atoms with van der Waals surface area (Å²) in [5, 5.41) is 0.555. The van der Waals surface area contributed by atoms with Crippen LogP contribution in [0, 0.1) is 5.82 Å². The maximum atomic E-state index is 13.8. The number of rotatable bonds is 3. The van der Waals surface area contributed by atoms with E-state index in [-0.39, 0.29) is 11.5 Å². The van der Waals surface area contributed by atoms with E-state index in [1.54, 1.807) is 24.1 Å². The van der Waals surface area contributed by atoms with Crippen LogP contribution in [0.4, 0.5) is 10.1 Å². The van der Waals surface area contributed by atoms with Crippen LogP contribution in [0.5, 0.6) is 5.75 Å². The molecule has 0 bridgehead atoms. The van der Waals surface area contributed by atoms with Gasteiger partial charge in [-0.25, -0.2) is 4.39 Å². The summed E-state index contributed by atoms with van der Waals surface area (Å²) in [7, 11) is 1.58. The van der Waals surface area contributed by atoms with Gasteiger partial charge in [-0.2, -0.15) is 0 Å². The molecule has 24 heavy (non-hydrogen) atoms. The molecule has 1 heterocycles. The number of ether oxygens (including phenoxy) is 1. The molecule has 6 heteroatoms. The van der Waals surface area contributed by atoms with Crippen LogP contribution in [0.3, 0.4) is 0 Å². The Kier molecular flexibility index (Phi) is 4.90. The van der Waals surface area contributed by atoms with Gasteiger partial charge in [0.05, 0.1) is 17.7 Å². The second-order valence-electron chi connectivity index (χ2n) is 5.58. The highest BCUT2D eigenvalue weighted by atomic mass is 35.5. The van der Waals surface area contributed by atoms with Crippen LogP contribution >= 0.6 is 11.6 Å². The standard InChI is InChI=1S/C18H18ClFN2O2/c1-24-17-7-6-13(12-15(17)19)21-8-10-22(11-9-21)18(23)14-4-2-3-5-16(14)20/h2-7,12H,8-11H2,1H3. The molecule has 1 aliphatic rings. The highest BCUT2D eigenvalue weighted by Crippen LogP contribution is 2.29. The molecular formula is C18H18ClFN2O2. The van der Waals surface area contributed by atoms with Crippen LogP contribution in [0.15, 0.2) is 42.5 Å². The number of carbonyl (C=O) groups is 1. The van der Waals surface area contributed by atoms with Crippen LogP contribution in [0.1, 0.15) is 10.4 Å². The van der Waals surface area contributed by atoms with Gasteiger partial charge in [0, 0.05) is 31.9 Å². The third kappa shape index (κ3) is 3.31. The first kappa shape index (κ1) is 16.6. The van der Waals surface area contributed by atoms with E-state index in [2.05, 4.69) is 4.90 Å². The maximum Gasteiger partial charge on any atom is 0.256 e. The zero-order chi connectivity index (χ0) is 17.1. The second kappa shape index (κ2) is 7.09. The fourth-order valence-electron chi connectivity index (χ4n) is 2.82. The molecular weight excluding hydrogens is 331 g/mol. The molecule has 2 aromatic carbocycles. The molecule has 1 saturated heterocycles. The molecule has 4 nitrogen and oxygen atoms in total. The Morgan fingerprint density at radius 3 is 2.46 bits per heavy atom. The summed E-state index contributed by atoms with van der Waals surface area (Å²) in [6, 6.07) is 11.7. The highest BCUT2D eigenvalue weighted by molar-refractivity contribution is 6.32. The summed E-state index contributed by atoms with van der Waals surface area (Å²) >= 11 is 6.17. The van der Waals surface area contributed by atoms with E-state index in [4.69, 9.17) is 16.3 Å². The number of methoxy groups -OCH3 is 1. The minimum Gasteiger partial charge on any atom is -0.495 e. The van der Waals surface area contributed by atoms with Crippen LogP contribution in [-0.4, -0.2) is 44.1 Å². The first-order valence-electron chi connectivity index (χ1n) is 7.72. The summed E-state index contributed by atoms with van der Waals surface area (Å²) in [6.07, 6.45) is 0. The van der Waals surface area contributed by atoms with Crippen molar-refractivity contribution in [3.05, 3.63) is 58.9 Å². The molecule has 3 rings (SSSR count). The van der Waals surface area contributed by atoms with Gasteiger partial charge in [-0.1, -0.05) is 23.7 Å². The molecule has 0 spiro atoms. The van der Waals surface area contributed by atoms with Gasteiger partial charge in [-0.05, 0) is 30.3 Å². The van der Waals surface area contributed by atoms with Gasteiger partial charge in [0.1, 0.15) is 11.6 Å². The van der Waals surface area contributed by atoms with Crippen LogP contribution in [-0.2, 0) is 0 Å². The number of piperazine rings is 1. The predicted octanol–water partition coefficient (Wildman–Crippen LogP) is 3.45. The Morgan fingerprint density at radius 1 is 1.12 bits per heavy atom. The van der Waals surface area contributed by atoms with Gasteiger partial charge in [0.15, 0.2) is 0 Å². The number of nitrogens with zero attached hydrogens (tertiary/aromatic N) is 2. The Bertz CT molecular complexity index is 746. The average Bonchev–Trinajstić information content (AvgIpc) is 2.61. The number of hydrogen-bond donors (Lipinski definition) is 0. The predicted molar refractivity (Wildman–Crippen MR) is 92.5 cm³/mol. The molecule has 0 aliphatic carbocycles. The largest absolute Gasteiger partial charge is 0.495 e. The molecule has 1 fully saturated rings.